The van der Waals surface area contributed by atoms with Gasteiger partial charge in [-0.3, -0.25) is 0 Å². The molecular weight excluding hydrogens is 188 g/mol. The van der Waals surface area contributed by atoms with Crippen molar-refractivity contribution in [3.63, 3.8) is 0 Å². The van der Waals surface area contributed by atoms with E-state index in [0.717, 1.165) is 6.08 Å². The van der Waals surface area contributed by atoms with Gasteiger partial charge in [0.2, 0.25) is 0 Å². The Morgan fingerprint density at radius 2 is 2.08 bits per heavy atom. The molecule has 0 N–H and O–H groups in total. The van der Waals surface area contributed by atoms with Gasteiger partial charge in [0.05, 0.1) is 6.23 Å². The lowest BCUT2D eigenvalue weighted by Gasteiger charge is -2.25. The third-order valence-corrected chi connectivity index (χ3v) is 3.72. The molecule has 0 saturated heterocycles. The SMILES string of the molecule is C=CC(=O)OC[SiH2]C(C)(OC)OC. The molecule has 76 valence electrons. The number of hydrogen-bond acceptors (Lipinski definition) is 4. The summed E-state index contributed by atoms with van der Waals surface area (Å²) in [7, 11) is 2.39. The van der Waals surface area contributed by atoms with Crippen molar-refractivity contribution in [3.05, 3.63) is 12.7 Å². The van der Waals surface area contributed by atoms with E-state index in [4.69, 9.17) is 14.2 Å². The predicted molar refractivity (Wildman–Crippen MR) is 52.1 cm³/mol. The molecule has 0 aromatic heterocycles. The molecule has 0 heterocycles. The van der Waals surface area contributed by atoms with E-state index in [9.17, 15) is 4.79 Å². The summed E-state index contributed by atoms with van der Waals surface area (Å²) in [6.45, 7) is 5.13. The van der Waals surface area contributed by atoms with Gasteiger partial charge in [-0.15, -0.1) is 0 Å². The van der Waals surface area contributed by atoms with Gasteiger partial charge in [0.25, 0.3) is 0 Å². The minimum Gasteiger partial charge on any atom is -0.467 e. The van der Waals surface area contributed by atoms with E-state index >= 15 is 0 Å². The fourth-order valence-electron chi connectivity index (χ4n) is 0.683. The third-order valence-electron chi connectivity index (χ3n) is 1.83. The fourth-order valence-corrected chi connectivity index (χ4v) is 1.77. The zero-order valence-corrected chi connectivity index (χ0v) is 9.75. The van der Waals surface area contributed by atoms with Gasteiger partial charge in [-0.2, -0.15) is 0 Å². The summed E-state index contributed by atoms with van der Waals surface area (Å²) < 4.78 is 15.1. The Bertz CT molecular complexity index is 177. The molecule has 0 aromatic rings. The number of carbonyl (C=O) groups is 1. The smallest absolute Gasteiger partial charge is 0.329 e. The van der Waals surface area contributed by atoms with Gasteiger partial charge in [0, 0.05) is 20.3 Å². The van der Waals surface area contributed by atoms with Crippen LogP contribution in [0.25, 0.3) is 0 Å². The normalized spacial score (nSPS) is 11.9. The molecule has 4 nitrogen and oxygen atoms in total. The molecule has 0 spiro atoms. The van der Waals surface area contributed by atoms with Crippen molar-refractivity contribution in [1.82, 2.24) is 0 Å². The van der Waals surface area contributed by atoms with Gasteiger partial charge in [-0.1, -0.05) is 6.58 Å². The highest BCUT2D eigenvalue weighted by atomic mass is 28.2. The molecule has 0 aliphatic heterocycles. The summed E-state index contributed by atoms with van der Waals surface area (Å²) in [6.07, 6.45) is 1.54. The van der Waals surface area contributed by atoms with Crippen molar-refractivity contribution < 1.29 is 19.0 Å². The molecule has 0 aromatic carbocycles. The highest BCUT2D eigenvalue weighted by Crippen LogP contribution is 2.06. The van der Waals surface area contributed by atoms with Gasteiger partial charge >= 0.3 is 5.97 Å². The van der Waals surface area contributed by atoms with Crippen LogP contribution in [0.5, 0.6) is 0 Å². The van der Waals surface area contributed by atoms with Gasteiger partial charge < -0.3 is 14.2 Å². The van der Waals surface area contributed by atoms with E-state index in [2.05, 4.69) is 6.58 Å². The van der Waals surface area contributed by atoms with Gasteiger partial charge in [-0.05, 0) is 6.92 Å². The van der Waals surface area contributed by atoms with Crippen LogP contribution >= 0.6 is 0 Å². The molecule has 0 aliphatic carbocycles. The van der Waals surface area contributed by atoms with Gasteiger partial charge in [-0.25, -0.2) is 4.79 Å². The topological polar surface area (TPSA) is 44.8 Å². The van der Waals surface area contributed by atoms with Crippen LogP contribution in [0.4, 0.5) is 0 Å². The van der Waals surface area contributed by atoms with Crippen molar-refractivity contribution in [2.75, 3.05) is 20.4 Å². The number of methoxy groups -OCH3 is 2. The Morgan fingerprint density at radius 3 is 2.46 bits per heavy atom. The molecular formula is C8H16O4Si. The molecule has 0 unspecified atom stereocenters. The van der Waals surface area contributed by atoms with E-state index in [-0.39, 0.29) is 0 Å². The Balaban J connectivity index is 3.73. The molecule has 0 bridgehead atoms. The summed E-state index contributed by atoms with van der Waals surface area (Å²) in [5, 5.41) is 0. The largest absolute Gasteiger partial charge is 0.467 e. The highest BCUT2D eigenvalue weighted by molar-refractivity contribution is 6.38. The minimum absolute atomic E-state index is 0.392. The number of rotatable bonds is 6. The lowest BCUT2D eigenvalue weighted by Crippen LogP contribution is -2.39. The Kier molecular flexibility index (Phi) is 5.61. The number of hydrogen-bond donors (Lipinski definition) is 0. The summed E-state index contributed by atoms with van der Waals surface area (Å²) in [6, 6.07) is 0. The zero-order valence-electron chi connectivity index (χ0n) is 8.33. The van der Waals surface area contributed by atoms with E-state index < -0.39 is 20.9 Å². The average molecular weight is 204 g/mol. The third kappa shape index (κ3) is 4.82. The van der Waals surface area contributed by atoms with Crippen molar-refractivity contribution in [1.29, 1.82) is 0 Å². The minimum atomic E-state index is -0.759. The Morgan fingerprint density at radius 1 is 1.54 bits per heavy atom. The monoisotopic (exact) mass is 204 g/mol. The molecule has 13 heavy (non-hydrogen) atoms. The Labute approximate surface area is 80.7 Å². The van der Waals surface area contributed by atoms with Crippen LogP contribution in [0.2, 0.25) is 0 Å². The molecule has 5 heteroatoms. The maximum atomic E-state index is 10.7. The molecule has 0 radical (unpaired) electrons. The first-order chi connectivity index (χ1) is 6.08. The zero-order chi connectivity index (χ0) is 10.3. The standard InChI is InChI=1S/C8H16O4Si/c1-5-7(9)12-6-13-8(2,10-3)11-4/h5H,1,6,13H2,2-4H3. The van der Waals surface area contributed by atoms with Crippen molar-refractivity contribution >= 4 is 15.5 Å². The summed E-state index contributed by atoms with van der Waals surface area (Å²) in [4.78, 5) is 10.7. The summed E-state index contributed by atoms with van der Waals surface area (Å²) in [5.74, 6) is -0.401. The quantitative estimate of drug-likeness (QED) is 0.260. The maximum absolute atomic E-state index is 10.7. The van der Waals surface area contributed by atoms with E-state index in [0.29, 0.717) is 6.23 Å². The van der Waals surface area contributed by atoms with Crippen LogP contribution in [0.3, 0.4) is 0 Å². The second-order valence-corrected chi connectivity index (χ2v) is 4.86. The fraction of sp³-hybridized carbons (Fsp3) is 0.625. The predicted octanol–water partition coefficient (Wildman–Crippen LogP) is -0.192. The van der Waals surface area contributed by atoms with Crippen LogP contribution in [0.1, 0.15) is 6.92 Å². The summed E-state index contributed by atoms with van der Waals surface area (Å²) in [5.41, 5.74) is -0.554. The molecule has 0 rings (SSSR count). The van der Waals surface area contributed by atoms with Crippen LogP contribution < -0.4 is 0 Å². The average Bonchev–Trinajstić information content (AvgIpc) is 2.17. The first-order valence-electron chi connectivity index (χ1n) is 3.97. The van der Waals surface area contributed by atoms with Crippen LogP contribution in [0, 0.1) is 0 Å². The lowest BCUT2D eigenvalue weighted by molar-refractivity contribution is -0.140. The van der Waals surface area contributed by atoms with Crippen molar-refractivity contribution in [2.45, 2.75) is 12.3 Å². The van der Waals surface area contributed by atoms with Gasteiger partial charge in [0.1, 0.15) is 14.9 Å². The first-order valence-corrected chi connectivity index (χ1v) is 5.68. The number of carbonyl (C=O) groups excluding carboxylic acids is 1. The number of ether oxygens (including phenoxy) is 3. The maximum Gasteiger partial charge on any atom is 0.329 e. The molecule has 0 fully saturated rings. The van der Waals surface area contributed by atoms with Crippen LogP contribution in [-0.4, -0.2) is 41.3 Å². The first kappa shape index (κ1) is 12.3. The van der Waals surface area contributed by atoms with Crippen LogP contribution in [-0.2, 0) is 19.0 Å². The van der Waals surface area contributed by atoms with E-state index in [1.165, 1.54) is 0 Å². The molecule has 0 atom stereocenters. The Hall–Kier alpha value is -0.653. The van der Waals surface area contributed by atoms with Crippen LogP contribution in [0.15, 0.2) is 12.7 Å². The van der Waals surface area contributed by atoms with E-state index in [1.807, 2.05) is 6.92 Å². The molecule has 0 saturated carbocycles. The van der Waals surface area contributed by atoms with Crippen molar-refractivity contribution in [2.24, 2.45) is 0 Å². The molecule has 0 amide bonds. The second kappa shape index (κ2) is 5.90. The van der Waals surface area contributed by atoms with Gasteiger partial charge in [0.15, 0.2) is 0 Å². The van der Waals surface area contributed by atoms with Crippen molar-refractivity contribution in [3.8, 4) is 0 Å². The van der Waals surface area contributed by atoms with E-state index in [1.54, 1.807) is 14.2 Å². The summed E-state index contributed by atoms with van der Waals surface area (Å²) >= 11 is 0. The number of esters is 1. The highest BCUT2D eigenvalue weighted by Gasteiger charge is 2.23. The molecule has 0 aliphatic rings. The lowest BCUT2D eigenvalue weighted by atomic mass is 10.7. The second-order valence-electron chi connectivity index (χ2n) is 2.66.